The molecule has 1 unspecified atom stereocenters. The van der Waals surface area contributed by atoms with Crippen molar-refractivity contribution in [3.05, 3.63) is 59.1 Å². The fourth-order valence-electron chi connectivity index (χ4n) is 4.20. The van der Waals surface area contributed by atoms with Crippen LogP contribution in [0.5, 0.6) is 0 Å². The number of hydrogen-bond acceptors (Lipinski definition) is 5. The van der Waals surface area contributed by atoms with Crippen molar-refractivity contribution in [1.29, 1.82) is 0 Å². The lowest BCUT2D eigenvalue weighted by Gasteiger charge is -2.31. The molecule has 34 heavy (non-hydrogen) atoms. The molecule has 0 radical (unpaired) electrons. The number of primary amides is 1. The molecule has 0 saturated carbocycles. The number of nitrogens with two attached hydrogens (primary N) is 1. The predicted octanol–water partition coefficient (Wildman–Crippen LogP) is 4.53. The number of carbonyl (C=O) groups is 2. The van der Waals surface area contributed by atoms with Crippen LogP contribution in [0.3, 0.4) is 0 Å². The molecule has 1 fully saturated rings. The number of nitrogens with zero attached hydrogens (tertiary/aromatic N) is 4. The average molecular weight is 498 g/mol. The second-order valence-corrected chi connectivity index (χ2v) is 10.1. The zero-order valence-electron chi connectivity index (χ0n) is 19.3. The Labute approximate surface area is 208 Å². The van der Waals surface area contributed by atoms with Crippen LogP contribution < -0.4 is 5.73 Å². The maximum absolute atomic E-state index is 13.0. The molecular formula is C25H28ClN5O2S. The van der Waals surface area contributed by atoms with Gasteiger partial charge in [0.1, 0.15) is 0 Å². The molecule has 9 heteroatoms. The fourth-order valence-corrected chi connectivity index (χ4v) is 5.17. The van der Waals surface area contributed by atoms with E-state index in [0.717, 1.165) is 29.7 Å². The first-order valence-electron chi connectivity index (χ1n) is 11.4. The summed E-state index contributed by atoms with van der Waals surface area (Å²) in [6.45, 7) is 5.32. The minimum atomic E-state index is -0.345. The summed E-state index contributed by atoms with van der Waals surface area (Å²) in [6.07, 6.45) is 1.51. The van der Waals surface area contributed by atoms with Gasteiger partial charge in [0, 0.05) is 23.7 Å². The number of carbonyl (C=O) groups excluding carboxylic acids is 2. The summed E-state index contributed by atoms with van der Waals surface area (Å²) in [5, 5.41) is 10.2. The topological polar surface area (TPSA) is 94.1 Å². The fraction of sp³-hybridized carbons (Fsp3) is 0.360. The van der Waals surface area contributed by atoms with Gasteiger partial charge >= 0.3 is 0 Å². The lowest BCUT2D eigenvalue weighted by Crippen LogP contribution is -2.44. The highest BCUT2D eigenvalue weighted by atomic mass is 35.5. The van der Waals surface area contributed by atoms with E-state index in [-0.39, 0.29) is 29.4 Å². The van der Waals surface area contributed by atoms with Crippen molar-refractivity contribution in [2.75, 3.05) is 18.8 Å². The molecule has 1 saturated heterocycles. The SMILES string of the molecule is CC(C)c1ccccc1-n1c(SCC(=O)N2CCCC(C(N)=O)C2)nnc1-c1ccc(Cl)cc1. The molecule has 3 aromatic rings. The van der Waals surface area contributed by atoms with Gasteiger partial charge in [0.05, 0.1) is 17.4 Å². The third-order valence-electron chi connectivity index (χ3n) is 6.04. The van der Waals surface area contributed by atoms with Gasteiger partial charge in [-0.3, -0.25) is 14.2 Å². The first kappa shape index (κ1) is 24.3. The van der Waals surface area contributed by atoms with E-state index >= 15 is 0 Å². The van der Waals surface area contributed by atoms with Gasteiger partial charge in [-0.2, -0.15) is 0 Å². The number of rotatable bonds is 7. The molecule has 2 heterocycles. The van der Waals surface area contributed by atoms with Gasteiger partial charge < -0.3 is 10.6 Å². The van der Waals surface area contributed by atoms with Crippen LogP contribution in [0.25, 0.3) is 17.1 Å². The van der Waals surface area contributed by atoms with Gasteiger partial charge in [-0.1, -0.05) is 55.4 Å². The molecular weight excluding hydrogens is 470 g/mol. The van der Waals surface area contributed by atoms with Crippen LogP contribution in [0, 0.1) is 5.92 Å². The minimum absolute atomic E-state index is 0.0318. The van der Waals surface area contributed by atoms with Crippen molar-refractivity contribution >= 4 is 35.2 Å². The number of likely N-dealkylation sites (tertiary alicyclic amines) is 1. The number of amides is 2. The summed E-state index contributed by atoms with van der Waals surface area (Å²) < 4.78 is 2.01. The first-order chi connectivity index (χ1) is 16.3. The van der Waals surface area contributed by atoms with Crippen LogP contribution in [-0.2, 0) is 9.59 Å². The maximum Gasteiger partial charge on any atom is 0.233 e. The summed E-state index contributed by atoms with van der Waals surface area (Å²) in [7, 11) is 0. The third-order valence-corrected chi connectivity index (χ3v) is 7.20. The molecule has 0 spiro atoms. The van der Waals surface area contributed by atoms with E-state index in [4.69, 9.17) is 17.3 Å². The van der Waals surface area contributed by atoms with E-state index in [1.807, 2.05) is 47.0 Å². The van der Waals surface area contributed by atoms with Gasteiger partial charge in [-0.25, -0.2) is 0 Å². The number of piperidine rings is 1. The quantitative estimate of drug-likeness (QED) is 0.484. The van der Waals surface area contributed by atoms with Crippen LogP contribution in [0.2, 0.25) is 5.02 Å². The molecule has 178 valence electrons. The summed E-state index contributed by atoms with van der Waals surface area (Å²) >= 11 is 7.45. The Morgan fingerprint density at radius 1 is 1.15 bits per heavy atom. The van der Waals surface area contributed by atoms with Gasteiger partial charge in [-0.15, -0.1) is 10.2 Å². The number of hydrogen-bond donors (Lipinski definition) is 1. The Morgan fingerprint density at radius 2 is 1.88 bits per heavy atom. The zero-order chi connectivity index (χ0) is 24.2. The number of benzene rings is 2. The van der Waals surface area contributed by atoms with Crippen LogP contribution in [-0.4, -0.2) is 50.3 Å². The monoisotopic (exact) mass is 497 g/mol. The van der Waals surface area contributed by atoms with Crippen LogP contribution in [0.1, 0.15) is 38.2 Å². The second kappa shape index (κ2) is 10.6. The van der Waals surface area contributed by atoms with Crippen molar-refractivity contribution in [3.8, 4) is 17.1 Å². The zero-order valence-corrected chi connectivity index (χ0v) is 20.9. The highest BCUT2D eigenvalue weighted by Crippen LogP contribution is 2.32. The first-order valence-corrected chi connectivity index (χ1v) is 12.7. The molecule has 1 aromatic heterocycles. The molecule has 2 amide bonds. The molecule has 1 atom stereocenters. The number of halogens is 1. The predicted molar refractivity (Wildman–Crippen MR) is 135 cm³/mol. The Hall–Kier alpha value is -2.84. The summed E-state index contributed by atoms with van der Waals surface area (Å²) in [5.74, 6) is 0.523. The highest BCUT2D eigenvalue weighted by Gasteiger charge is 2.27. The molecule has 4 rings (SSSR count). The van der Waals surface area contributed by atoms with Crippen molar-refractivity contribution in [3.63, 3.8) is 0 Å². The van der Waals surface area contributed by atoms with Gasteiger partial charge in [0.2, 0.25) is 11.8 Å². The van der Waals surface area contributed by atoms with Crippen LogP contribution in [0.4, 0.5) is 0 Å². The molecule has 0 aliphatic carbocycles. The summed E-state index contributed by atoms with van der Waals surface area (Å²) in [5.41, 5.74) is 8.50. The Bertz CT molecular complexity index is 1180. The average Bonchev–Trinajstić information content (AvgIpc) is 3.26. The highest BCUT2D eigenvalue weighted by molar-refractivity contribution is 7.99. The van der Waals surface area contributed by atoms with E-state index in [2.05, 4.69) is 30.1 Å². The van der Waals surface area contributed by atoms with E-state index < -0.39 is 0 Å². The standard InChI is InChI=1S/C25H28ClN5O2S/c1-16(2)20-7-3-4-8-21(20)31-24(17-9-11-19(26)12-10-17)28-29-25(31)34-15-22(32)30-13-5-6-18(14-30)23(27)33/h3-4,7-12,16,18H,5-6,13-15H2,1-2H3,(H2,27,33). The number of para-hydroxylation sites is 1. The summed E-state index contributed by atoms with van der Waals surface area (Å²) in [4.78, 5) is 26.3. The van der Waals surface area contributed by atoms with Crippen molar-refractivity contribution in [1.82, 2.24) is 19.7 Å². The number of thioether (sulfide) groups is 1. The third kappa shape index (κ3) is 5.28. The van der Waals surface area contributed by atoms with E-state index in [1.54, 1.807) is 4.90 Å². The smallest absolute Gasteiger partial charge is 0.233 e. The molecule has 1 aliphatic rings. The normalized spacial score (nSPS) is 16.1. The Morgan fingerprint density at radius 3 is 2.59 bits per heavy atom. The van der Waals surface area contributed by atoms with Crippen molar-refractivity contribution in [2.45, 2.75) is 37.8 Å². The minimum Gasteiger partial charge on any atom is -0.369 e. The molecule has 7 nitrogen and oxygen atoms in total. The van der Waals surface area contributed by atoms with Gasteiger partial charge in [-0.05, 0) is 54.7 Å². The van der Waals surface area contributed by atoms with E-state index in [1.165, 1.54) is 11.8 Å². The second-order valence-electron chi connectivity index (χ2n) is 8.73. The largest absolute Gasteiger partial charge is 0.369 e. The van der Waals surface area contributed by atoms with Crippen molar-refractivity contribution in [2.24, 2.45) is 11.7 Å². The maximum atomic E-state index is 13.0. The van der Waals surface area contributed by atoms with Gasteiger partial charge in [0.25, 0.3) is 0 Å². The molecule has 0 bridgehead atoms. The molecule has 1 aliphatic heterocycles. The van der Waals surface area contributed by atoms with Crippen LogP contribution in [0.15, 0.2) is 53.7 Å². The lowest BCUT2D eigenvalue weighted by molar-refractivity contribution is -0.132. The van der Waals surface area contributed by atoms with E-state index in [9.17, 15) is 9.59 Å². The van der Waals surface area contributed by atoms with Gasteiger partial charge in [0.15, 0.2) is 11.0 Å². The Balaban J connectivity index is 1.65. The molecule has 2 N–H and O–H groups in total. The lowest BCUT2D eigenvalue weighted by atomic mass is 9.97. The van der Waals surface area contributed by atoms with E-state index in [0.29, 0.717) is 29.1 Å². The van der Waals surface area contributed by atoms with Crippen LogP contribution >= 0.6 is 23.4 Å². The molecule has 2 aromatic carbocycles. The van der Waals surface area contributed by atoms with Crippen molar-refractivity contribution < 1.29 is 9.59 Å². The summed E-state index contributed by atoms with van der Waals surface area (Å²) in [6, 6.07) is 15.6. The number of aromatic nitrogens is 3. The Kier molecular flexibility index (Phi) is 7.58.